The van der Waals surface area contributed by atoms with Crippen molar-refractivity contribution in [2.75, 3.05) is 0 Å². The number of aromatic nitrogens is 1. The van der Waals surface area contributed by atoms with Gasteiger partial charge in [-0.3, -0.25) is 4.98 Å². The molecule has 0 amide bonds. The molecule has 2 aromatic heterocycles. The Kier molecular flexibility index (Phi) is 3.49. The summed E-state index contributed by atoms with van der Waals surface area (Å²) in [4.78, 5) is 4.41. The Labute approximate surface area is 116 Å². The minimum absolute atomic E-state index is 0.698. The van der Waals surface area contributed by atoms with Gasteiger partial charge in [-0.05, 0) is 35.9 Å². The van der Waals surface area contributed by atoms with E-state index in [0.717, 1.165) is 33.8 Å². The average Bonchev–Trinajstić information content (AvgIpc) is 2.95. The van der Waals surface area contributed by atoms with Crippen molar-refractivity contribution in [3.8, 4) is 0 Å². The Bertz CT molecular complexity index is 680. The van der Waals surface area contributed by atoms with Gasteiger partial charge in [0.1, 0.15) is 5.76 Å². The first kappa shape index (κ1) is 12.2. The first-order valence-electron chi connectivity index (χ1n) is 6.10. The zero-order valence-corrected chi connectivity index (χ0v) is 11.0. The van der Waals surface area contributed by atoms with Crippen LogP contribution in [0.3, 0.4) is 0 Å². The van der Waals surface area contributed by atoms with Crippen LogP contribution in [0.1, 0.15) is 11.3 Å². The van der Waals surface area contributed by atoms with Crippen molar-refractivity contribution < 1.29 is 4.42 Å². The summed E-state index contributed by atoms with van der Waals surface area (Å²) in [6.45, 7) is 1.43. The molecule has 1 N–H and O–H groups in total. The number of nitrogens with zero attached hydrogens (tertiary/aromatic N) is 1. The van der Waals surface area contributed by atoms with Crippen LogP contribution in [0.5, 0.6) is 0 Å². The van der Waals surface area contributed by atoms with E-state index in [2.05, 4.69) is 10.3 Å². The topological polar surface area (TPSA) is 38.1 Å². The number of hydrogen-bond donors (Lipinski definition) is 1. The lowest BCUT2D eigenvalue weighted by Crippen LogP contribution is -2.12. The fourth-order valence-electron chi connectivity index (χ4n) is 2.07. The lowest BCUT2D eigenvalue weighted by Gasteiger charge is -2.07. The van der Waals surface area contributed by atoms with E-state index in [0.29, 0.717) is 6.54 Å². The van der Waals surface area contributed by atoms with E-state index in [1.165, 1.54) is 0 Å². The monoisotopic (exact) mass is 272 g/mol. The number of rotatable bonds is 4. The molecule has 0 atom stereocenters. The van der Waals surface area contributed by atoms with Crippen molar-refractivity contribution in [1.82, 2.24) is 10.3 Å². The molecule has 0 spiro atoms. The van der Waals surface area contributed by atoms with Gasteiger partial charge in [-0.2, -0.15) is 0 Å². The molecule has 19 heavy (non-hydrogen) atoms. The number of benzene rings is 1. The maximum absolute atomic E-state index is 6.17. The maximum atomic E-state index is 6.17. The van der Waals surface area contributed by atoms with Crippen LogP contribution < -0.4 is 5.32 Å². The highest BCUT2D eigenvalue weighted by Crippen LogP contribution is 2.24. The number of nitrogens with one attached hydrogen (secondary N) is 1. The van der Waals surface area contributed by atoms with E-state index >= 15 is 0 Å². The van der Waals surface area contributed by atoms with Crippen molar-refractivity contribution in [3.63, 3.8) is 0 Å². The number of hydrogen-bond acceptors (Lipinski definition) is 3. The molecule has 0 aliphatic rings. The molecule has 96 valence electrons. The van der Waals surface area contributed by atoms with Gasteiger partial charge < -0.3 is 9.73 Å². The SMILES string of the molecule is Clc1ccc(CNCc2ccco2)c2ncccc12. The van der Waals surface area contributed by atoms with Gasteiger partial charge in [0.15, 0.2) is 0 Å². The Morgan fingerprint density at radius 1 is 1.11 bits per heavy atom. The summed E-state index contributed by atoms with van der Waals surface area (Å²) < 4.78 is 5.28. The second kappa shape index (κ2) is 5.43. The molecule has 0 saturated carbocycles. The van der Waals surface area contributed by atoms with Gasteiger partial charge >= 0.3 is 0 Å². The zero-order chi connectivity index (χ0) is 13.1. The van der Waals surface area contributed by atoms with E-state index in [9.17, 15) is 0 Å². The molecule has 0 fully saturated rings. The molecule has 0 saturated heterocycles. The van der Waals surface area contributed by atoms with Gasteiger partial charge in [0.05, 0.1) is 18.3 Å². The lowest BCUT2D eigenvalue weighted by molar-refractivity contribution is 0.483. The molecule has 0 aliphatic carbocycles. The largest absolute Gasteiger partial charge is 0.468 e. The minimum Gasteiger partial charge on any atom is -0.468 e. The Morgan fingerprint density at radius 2 is 2.05 bits per heavy atom. The quantitative estimate of drug-likeness (QED) is 0.786. The van der Waals surface area contributed by atoms with Crippen molar-refractivity contribution in [1.29, 1.82) is 0 Å². The van der Waals surface area contributed by atoms with Gasteiger partial charge in [0, 0.05) is 23.2 Å². The third-order valence-electron chi connectivity index (χ3n) is 2.99. The Hall–Kier alpha value is -1.84. The van der Waals surface area contributed by atoms with Crippen LogP contribution in [-0.2, 0) is 13.1 Å². The summed E-state index contributed by atoms with van der Waals surface area (Å²) in [5.74, 6) is 0.922. The summed E-state index contributed by atoms with van der Waals surface area (Å²) >= 11 is 6.17. The summed E-state index contributed by atoms with van der Waals surface area (Å²) in [5.41, 5.74) is 2.08. The number of halogens is 1. The molecule has 3 nitrogen and oxygen atoms in total. The Balaban J connectivity index is 1.79. The van der Waals surface area contributed by atoms with Crippen molar-refractivity contribution in [2.45, 2.75) is 13.1 Å². The first-order chi connectivity index (χ1) is 9.34. The fraction of sp³-hybridized carbons (Fsp3) is 0.133. The van der Waals surface area contributed by atoms with Crippen LogP contribution in [0.2, 0.25) is 5.02 Å². The molecule has 2 heterocycles. The first-order valence-corrected chi connectivity index (χ1v) is 6.47. The van der Waals surface area contributed by atoms with Gasteiger partial charge in [0.2, 0.25) is 0 Å². The number of furan rings is 1. The highest BCUT2D eigenvalue weighted by molar-refractivity contribution is 6.35. The van der Waals surface area contributed by atoms with E-state index < -0.39 is 0 Å². The highest BCUT2D eigenvalue weighted by Gasteiger charge is 2.05. The minimum atomic E-state index is 0.698. The second-order valence-corrected chi connectivity index (χ2v) is 4.70. The fourth-order valence-corrected chi connectivity index (χ4v) is 2.29. The van der Waals surface area contributed by atoms with Crippen LogP contribution in [0.25, 0.3) is 10.9 Å². The molecular weight excluding hydrogens is 260 g/mol. The smallest absolute Gasteiger partial charge is 0.117 e. The third-order valence-corrected chi connectivity index (χ3v) is 3.32. The van der Waals surface area contributed by atoms with Gasteiger partial charge in [-0.1, -0.05) is 17.7 Å². The van der Waals surface area contributed by atoms with E-state index in [1.54, 1.807) is 12.5 Å². The summed E-state index contributed by atoms with van der Waals surface area (Å²) in [5, 5.41) is 5.06. The molecule has 1 aromatic carbocycles. The lowest BCUT2D eigenvalue weighted by atomic mass is 10.1. The van der Waals surface area contributed by atoms with E-state index in [4.69, 9.17) is 16.0 Å². The summed E-state index contributed by atoms with van der Waals surface area (Å²) in [6.07, 6.45) is 3.46. The van der Waals surface area contributed by atoms with Crippen molar-refractivity contribution >= 4 is 22.5 Å². The Morgan fingerprint density at radius 3 is 2.89 bits per heavy atom. The maximum Gasteiger partial charge on any atom is 0.117 e. The van der Waals surface area contributed by atoms with E-state index in [1.807, 2.05) is 36.4 Å². The molecule has 0 unspecified atom stereocenters. The van der Waals surface area contributed by atoms with Crippen molar-refractivity contribution in [3.05, 3.63) is 65.2 Å². The zero-order valence-electron chi connectivity index (χ0n) is 10.3. The standard InChI is InChI=1S/C15H13ClN2O/c16-14-6-5-11(15-13(14)4-1-7-18-15)9-17-10-12-3-2-8-19-12/h1-8,17H,9-10H2. The molecule has 0 bridgehead atoms. The van der Waals surface area contributed by atoms with Crippen LogP contribution in [0.15, 0.2) is 53.3 Å². The van der Waals surface area contributed by atoms with Crippen LogP contribution in [0, 0.1) is 0 Å². The molecule has 3 aromatic rings. The van der Waals surface area contributed by atoms with Crippen molar-refractivity contribution in [2.24, 2.45) is 0 Å². The normalized spacial score (nSPS) is 11.0. The van der Waals surface area contributed by atoms with Gasteiger partial charge in [-0.25, -0.2) is 0 Å². The average molecular weight is 273 g/mol. The second-order valence-electron chi connectivity index (χ2n) is 4.29. The summed E-state index contributed by atoms with van der Waals surface area (Å²) in [7, 11) is 0. The molecule has 0 radical (unpaired) electrons. The summed E-state index contributed by atoms with van der Waals surface area (Å²) in [6, 6.07) is 11.6. The van der Waals surface area contributed by atoms with Gasteiger partial charge in [0.25, 0.3) is 0 Å². The molecule has 0 aliphatic heterocycles. The number of pyridine rings is 1. The molecular formula is C15H13ClN2O. The number of fused-ring (bicyclic) bond motifs is 1. The predicted octanol–water partition coefficient (Wildman–Crippen LogP) is 3.77. The molecule has 4 heteroatoms. The van der Waals surface area contributed by atoms with Crippen LogP contribution in [0.4, 0.5) is 0 Å². The van der Waals surface area contributed by atoms with Crippen LogP contribution in [-0.4, -0.2) is 4.98 Å². The van der Waals surface area contributed by atoms with Gasteiger partial charge in [-0.15, -0.1) is 0 Å². The highest BCUT2D eigenvalue weighted by atomic mass is 35.5. The van der Waals surface area contributed by atoms with Crippen LogP contribution >= 0.6 is 11.6 Å². The predicted molar refractivity (Wildman–Crippen MR) is 76.0 cm³/mol. The van der Waals surface area contributed by atoms with E-state index in [-0.39, 0.29) is 0 Å². The molecule has 3 rings (SSSR count). The third kappa shape index (κ3) is 2.62.